The lowest BCUT2D eigenvalue weighted by molar-refractivity contribution is -0.0929. The average molecular weight is 210 g/mol. The van der Waals surface area contributed by atoms with Gasteiger partial charge in [0, 0.05) is 12.8 Å². The van der Waals surface area contributed by atoms with Crippen molar-refractivity contribution in [1.82, 2.24) is 0 Å². The van der Waals surface area contributed by atoms with Gasteiger partial charge >= 0.3 is 0 Å². The van der Waals surface area contributed by atoms with E-state index in [-0.39, 0.29) is 30.4 Å². The van der Waals surface area contributed by atoms with E-state index in [1.54, 1.807) is 0 Å². The van der Waals surface area contributed by atoms with E-state index in [9.17, 15) is 13.9 Å². The number of aliphatic hydroxyl groups is 1. The highest BCUT2D eigenvalue weighted by Gasteiger charge is 2.40. The summed E-state index contributed by atoms with van der Waals surface area (Å²) in [5.74, 6) is -2.86. The molecule has 78 valence electrons. The van der Waals surface area contributed by atoms with Crippen molar-refractivity contribution in [2.45, 2.75) is 49.9 Å². The predicted octanol–water partition coefficient (Wildman–Crippen LogP) is 2.49. The number of thiol groups is 1. The average Bonchev–Trinajstić information content (AvgIpc) is 1.95. The highest BCUT2D eigenvalue weighted by Crippen LogP contribution is 2.39. The smallest absolute Gasteiger partial charge is 0.248 e. The minimum Gasteiger partial charge on any atom is -0.393 e. The Bertz CT molecular complexity index is 173. The Morgan fingerprint density at radius 2 is 2.23 bits per heavy atom. The molecule has 0 aromatic heterocycles. The fraction of sp³-hybridized carbons (Fsp3) is 1.00. The fourth-order valence-corrected chi connectivity index (χ4v) is 2.17. The van der Waals surface area contributed by atoms with Crippen molar-refractivity contribution < 1.29 is 13.9 Å². The normalized spacial score (nSPS) is 35.8. The van der Waals surface area contributed by atoms with Gasteiger partial charge < -0.3 is 5.11 Å². The molecule has 1 fully saturated rings. The Morgan fingerprint density at radius 1 is 1.62 bits per heavy atom. The van der Waals surface area contributed by atoms with Gasteiger partial charge in [-0.2, -0.15) is 12.6 Å². The maximum absolute atomic E-state index is 12.9. The molecule has 0 heterocycles. The van der Waals surface area contributed by atoms with Crippen LogP contribution in [0.15, 0.2) is 0 Å². The molecule has 1 aliphatic carbocycles. The number of aliphatic hydroxyl groups excluding tert-OH is 1. The van der Waals surface area contributed by atoms with Gasteiger partial charge in [-0.1, -0.05) is 6.92 Å². The van der Waals surface area contributed by atoms with E-state index >= 15 is 0 Å². The molecule has 0 aromatic carbocycles. The highest BCUT2D eigenvalue weighted by molar-refractivity contribution is 7.80. The molecule has 1 aliphatic rings. The Morgan fingerprint density at radius 3 is 2.77 bits per heavy atom. The summed E-state index contributed by atoms with van der Waals surface area (Å²) in [6.07, 6.45) is -0.128. The zero-order valence-corrected chi connectivity index (χ0v) is 8.61. The second kappa shape index (κ2) is 4.13. The van der Waals surface area contributed by atoms with Gasteiger partial charge in [0.25, 0.3) is 0 Å². The molecule has 4 heteroatoms. The van der Waals surface area contributed by atoms with Crippen LogP contribution >= 0.6 is 12.6 Å². The maximum Gasteiger partial charge on any atom is 0.248 e. The number of hydrogen-bond donors (Lipinski definition) is 2. The minimum absolute atomic E-state index is 0.0774. The van der Waals surface area contributed by atoms with Crippen LogP contribution in [0.5, 0.6) is 0 Å². The summed E-state index contributed by atoms with van der Waals surface area (Å²) < 4.78 is 25.9. The summed E-state index contributed by atoms with van der Waals surface area (Å²) >= 11 is 4.15. The van der Waals surface area contributed by atoms with E-state index < -0.39 is 12.0 Å². The lowest BCUT2D eigenvalue weighted by Crippen LogP contribution is -2.36. The first-order valence-corrected chi connectivity index (χ1v) is 5.16. The fourth-order valence-electron chi connectivity index (χ4n) is 1.90. The maximum atomic E-state index is 12.9. The molecular formula is C9H16F2OS. The largest absolute Gasteiger partial charge is 0.393 e. The van der Waals surface area contributed by atoms with E-state index in [2.05, 4.69) is 12.6 Å². The molecule has 0 amide bonds. The van der Waals surface area contributed by atoms with Gasteiger partial charge in [0.1, 0.15) is 0 Å². The van der Waals surface area contributed by atoms with E-state index in [4.69, 9.17) is 0 Å². The Kier molecular flexibility index (Phi) is 3.57. The lowest BCUT2D eigenvalue weighted by Gasteiger charge is -2.33. The van der Waals surface area contributed by atoms with Crippen molar-refractivity contribution in [3.8, 4) is 0 Å². The second-order valence-electron chi connectivity index (χ2n) is 4.01. The topological polar surface area (TPSA) is 20.2 Å². The molecule has 0 bridgehead atoms. The Hall–Kier alpha value is 0.170. The molecule has 0 aromatic rings. The highest BCUT2D eigenvalue weighted by atomic mass is 32.1. The van der Waals surface area contributed by atoms with Gasteiger partial charge in [0.05, 0.1) is 6.10 Å². The van der Waals surface area contributed by atoms with Gasteiger partial charge in [0.15, 0.2) is 0 Å². The van der Waals surface area contributed by atoms with Crippen LogP contribution in [0.1, 0.15) is 32.6 Å². The molecule has 1 nitrogen and oxygen atoms in total. The quantitative estimate of drug-likeness (QED) is 0.671. The SMILES string of the molecule is CC(S)C[C@H]1CC(F)(F)CC[C@H]1O. The second-order valence-corrected chi connectivity index (χ2v) is 4.89. The Labute approximate surface area is 82.9 Å². The van der Waals surface area contributed by atoms with Crippen LogP contribution < -0.4 is 0 Å². The summed E-state index contributed by atoms with van der Waals surface area (Å²) in [6, 6.07) is 0. The minimum atomic E-state index is -2.58. The van der Waals surface area contributed by atoms with E-state index in [1.807, 2.05) is 6.92 Å². The number of rotatable bonds is 2. The van der Waals surface area contributed by atoms with E-state index in [0.717, 1.165) is 0 Å². The number of halogens is 2. The predicted molar refractivity (Wildman–Crippen MR) is 51.4 cm³/mol. The summed E-state index contributed by atoms with van der Waals surface area (Å²) in [5, 5.41) is 9.56. The molecule has 1 unspecified atom stereocenters. The van der Waals surface area contributed by atoms with Crippen molar-refractivity contribution in [2.24, 2.45) is 5.92 Å². The monoisotopic (exact) mass is 210 g/mol. The molecule has 0 spiro atoms. The molecule has 1 rings (SSSR count). The summed E-state index contributed by atoms with van der Waals surface area (Å²) in [4.78, 5) is 0. The summed E-state index contributed by atoms with van der Waals surface area (Å²) in [6.45, 7) is 1.86. The Balaban J connectivity index is 2.50. The lowest BCUT2D eigenvalue weighted by atomic mass is 9.81. The molecule has 0 aliphatic heterocycles. The van der Waals surface area contributed by atoms with Crippen molar-refractivity contribution in [1.29, 1.82) is 0 Å². The molecule has 0 radical (unpaired) electrons. The van der Waals surface area contributed by atoms with Crippen LogP contribution in [0, 0.1) is 5.92 Å². The first kappa shape index (κ1) is 11.2. The van der Waals surface area contributed by atoms with E-state index in [1.165, 1.54) is 0 Å². The van der Waals surface area contributed by atoms with Crippen LogP contribution in [0.25, 0.3) is 0 Å². The summed E-state index contributed by atoms with van der Waals surface area (Å²) in [7, 11) is 0. The van der Waals surface area contributed by atoms with Gasteiger partial charge in [-0.25, -0.2) is 8.78 Å². The third-order valence-corrected chi connectivity index (χ3v) is 2.77. The molecule has 1 N–H and O–H groups in total. The summed E-state index contributed by atoms with van der Waals surface area (Å²) in [5.41, 5.74) is 0. The molecule has 13 heavy (non-hydrogen) atoms. The first-order valence-electron chi connectivity index (χ1n) is 4.65. The number of alkyl halides is 2. The van der Waals surface area contributed by atoms with Gasteiger partial charge in [-0.05, 0) is 24.0 Å². The zero-order valence-electron chi connectivity index (χ0n) is 7.71. The third kappa shape index (κ3) is 3.43. The van der Waals surface area contributed by atoms with Crippen LogP contribution in [0.3, 0.4) is 0 Å². The first-order chi connectivity index (χ1) is 5.91. The van der Waals surface area contributed by atoms with Crippen LogP contribution in [0.4, 0.5) is 8.78 Å². The number of hydrogen-bond acceptors (Lipinski definition) is 2. The van der Waals surface area contributed by atoms with Crippen molar-refractivity contribution in [2.75, 3.05) is 0 Å². The third-order valence-electron chi connectivity index (χ3n) is 2.55. The van der Waals surface area contributed by atoms with Gasteiger partial charge in [-0.3, -0.25) is 0 Å². The molecule has 3 atom stereocenters. The van der Waals surface area contributed by atoms with Crippen LogP contribution in [0.2, 0.25) is 0 Å². The van der Waals surface area contributed by atoms with Crippen molar-refractivity contribution in [3.05, 3.63) is 0 Å². The van der Waals surface area contributed by atoms with E-state index in [0.29, 0.717) is 6.42 Å². The van der Waals surface area contributed by atoms with Crippen LogP contribution in [-0.2, 0) is 0 Å². The standard InChI is InChI=1S/C9H16F2OS/c1-6(13)4-7-5-9(10,11)3-2-8(7)12/h6-8,12-13H,2-5H2,1H3/t6?,7-,8+/m0/s1. The van der Waals surface area contributed by atoms with Gasteiger partial charge in [0.2, 0.25) is 5.92 Å². The van der Waals surface area contributed by atoms with Gasteiger partial charge in [-0.15, -0.1) is 0 Å². The zero-order chi connectivity index (χ0) is 10.1. The van der Waals surface area contributed by atoms with Crippen molar-refractivity contribution in [3.63, 3.8) is 0 Å². The molecular weight excluding hydrogens is 194 g/mol. The molecule has 0 saturated heterocycles. The van der Waals surface area contributed by atoms with Crippen molar-refractivity contribution >= 4 is 12.6 Å². The molecule has 1 saturated carbocycles. The van der Waals surface area contributed by atoms with Crippen LogP contribution in [-0.4, -0.2) is 22.4 Å².